The number of benzene rings is 2. The molecule has 0 aliphatic carbocycles. The van der Waals surface area contributed by atoms with Crippen LogP contribution in [0.3, 0.4) is 0 Å². The highest BCUT2D eigenvalue weighted by Crippen LogP contribution is 2.30. The van der Waals surface area contributed by atoms with Gasteiger partial charge in [0, 0.05) is 55.0 Å². The maximum Gasteiger partial charge on any atom is 0.296 e. The second-order valence-electron chi connectivity index (χ2n) is 10.2. The van der Waals surface area contributed by atoms with Gasteiger partial charge in [-0.2, -0.15) is 15.0 Å². The Morgan fingerprint density at radius 3 is 2.12 bits per heavy atom. The standard InChI is InChI=1S/C29H32N8O3/c38-24-17-19(11-12-23(24)32-26(40)25(39)21-18-30-22-10-4-3-9-20(21)22)31-27-33-28(36-13-5-1-6-14-36)35-29(34-27)37-15-7-2-8-16-37/h3-4,9-12,17-18,30,38H,1-2,5-8,13-16H2,(H,32,40)(H,31,33,34,35). The molecule has 206 valence electrons. The number of aromatic amines is 1. The maximum atomic E-state index is 12.8. The molecule has 2 aliphatic rings. The summed E-state index contributed by atoms with van der Waals surface area (Å²) in [5.74, 6) is -0.0212. The fraction of sp³-hybridized carbons (Fsp3) is 0.345. The smallest absolute Gasteiger partial charge is 0.296 e. The third-order valence-electron chi connectivity index (χ3n) is 7.43. The van der Waals surface area contributed by atoms with Gasteiger partial charge in [-0.25, -0.2) is 0 Å². The summed E-state index contributed by atoms with van der Waals surface area (Å²) in [6.07, 6.45) is 8.37. The monoisotopic (exact) mass is 540 g/mol. The van der Waals surface area contributed by atoms with Crippen molar-refractivity contribution >= 4 is 51.8 Å². The van der Waals surface area contributed by atoms with Crippen molar-refractivity contribution in [3.8, 4) is 5.75 Å². The number of aromatic nitrogens is 4. The van der Waals surface area contributed by atoms with E-state index in [9.17, 15) is 14.7 Å². The van der Waals surface area contributed by atoms with E-state index < -0.39 is 11.7 Å². The largest absolute Gasteiger partial charge is 0.506 e. The van der Waals surface area contributed by atoms with E-state index >= 15 is 0 Å². The van der Waals surface area contributed by atoms with Crippen LogP contribution in [-0.4, -0.2) is 62.9 Å². The number of para-hydroxylation sites is 1. The highest BCUT2D eigenvalue weighted by Gasteiger charge is 2.22. The molecule has 0 bridgehead atoms. The average Bonchev–Trinajstić information content (AvgIpc) is 3.43. The van der Waals surface area contributed by atoms with Crippen molar-refractivity contribution in [2.24, 2.45) is 0 Å². The average molecular weight is 541 g/mol. The Morgan fingerprint density at radius 1 is 0.825 bits per heavy atom. The molecule has 11 heteroatoms. The van der Waals surface area contributed by atoms with Gasteiger partial charge in [0.15, 0.2) is 0 Å². The Balaban J connectivity index is 1.20. The predicted molar refractivity (Wildman–Crippen MR) is 155 cm³/mol. The van der Waals surface area contributed by atoms with Crippen LogP contribution in [0.25, 0.3) is 10.9 Å². The van der Waals surface area contributed by atoms with Crippen LogP contribution in [0.2, 0.25) is 0 Å². The molecule has 0 spiro atoms. The summed E-state index contributed by atoms with van der Waals surface area (Å²) in [5, 5.41) is 17.1. The molecule has 4 aromatic rings. The van der Waals surface area contributed by atoms with E-state index in [1.807, 2.05) is 12.1 Å². The van der Waals surface area contributed by atoms with Crippen molar-refractivity contribution < 1.29 is 14.7 Å². The summed E-state index contributed by atoms with van der Waals surface area (Å²) in [4.78, 5) is 47.1. The number of phenolic OH excluding ortho intramolecular Hbond substituents is 1. The van der Waals surface area contributed by atoms with E-state index in [1.165, 1.54) is 31.2 Å². The van der Waals surface area contributed by atoms with Gasteiger partial charge in [0.1, 0.15) is 5.75 Å². The first kappa shape index (κ1) is 25.6. The van der Waals surface area contributed by atoms with Crippen molar-refractivity contribution in [3.63, 3.8) is 0 Å². The number of amides is 1. The second kappa shape index (κ2) is 11.2. The van der Waals surface area contributed by atoms with Crippen molar-refractivity contribution in [1.82, 2.24) is 19.9 Å². The highest BCUT2D eigenvalue weighted by atomic mass is 16.3. The molecule has 11 nitrogen and oxygen atoms in total. The number of aromatic hydroxyl groups is 1. The lowest BCUT2D eigenvalue weighted by atomic mass is 10.1. The summed E-state index contributed by atoms with van der Waals surface area (Å²) in [6, 6.07) is 12.0. The zero-order valence-electron chi connectivity index (χ0n) is 22.2. The Labute approximate surface area is 231 Å². The normalized spacial score (nSPS) is 15.7. The molecule has 0 atom stereocenters. The van der Waals surface area contributed by atoms with Gasteiger partial charge in [-0.05, 0) is 56.7 Å². The number of phenols is 1. The minimum atomic E-state index is -0.837. The molecule has 4 N–H and O–H groups in total. The first-order chi connectivity index (χ1) is 19.5. The lowest BCUT2D eigenvalue weighted by molar-refractivity contribution is -0.112. The Hall–Kier alpha value is -4.67. The van der Waals surface area contributed by atoms with Gasteiger partial charge in [-0.15, -0.1) is 0 Å². The fourth-order valence-corrected chi connectivity index (χ4v) is 5.29. The number of nitrogens with zero attached hydrogens (tertiary/aromatic N) is 5. The molecule has 2 aromatic carbocycles. The number of piperidine rings is 2. The molecule has 2 saturated heterocycles. The number of hydrogen-bond acceptors (Lipinski definition) is 9. The van der Waals surface area contributed by atoms with Crippen LogP contribution in [0, 0.1) is 0 Å². The highest BCUT2D eigenvalue weighted by molar-refractivity contribution is 6.48. The number of anilines is 5. The number of nitrogens with one attached hydrogen (secondary N) is 3. The third kappa shape index (κ3) is 5.40. The van der Waals surface area contributed by atoms with E-state index in [1.54, 1.807) is 18.2 Å². The van der Waals surface area contributed by atoms with Crippen LogP contribution in [0.4, 0.5) is 29.2 Å². The van der Waals surface area contributed by atoms with Crippen LogP contribution in [-0.2, 0) is 4.79 Å². The second-order valence-corrected chi connectivity index (χ2v) is 10.2. The zero-order valence-corrected chi connectivity index (χ0v) is 22.2. The van der Waals surface area contributed by atoms with Gasteiger partial charge in [0.2, 0.25) is 17.8 Å². The topological polar surface area (TPSA) is 139 Å². The Bertz CT molecular complexity index is 1500. The van der Waals surface area contributed by atoms with Crippen LogP contribution in [0.15, 0.2) is 48.7 Å². The molecule has 2 aliphatic heterocycles. The molecule has 0 unspecified atom stereocenters. The lowest BCUT2D eigenvalue weighted by Gasteiger charge is -2.30. The molecule has 1 amide bonds. The molecule has 0 saturated carbocycles. The number of ketones is 1. The predicted octanol–water partition coefficient (Wildman–Crippen LogP) is 4.60. The lowest BCUT2D eigenvalue weighted by Crippen LogP contribution is -2.34. The number of carbonyl (C=O) groups is 2. The summed E-state index contributed by atoms with van der Waals surface area (Å²) in [7, 11) is 0. The van der Waals surface area contributed by atoms with Gasteiger partial charge in [0.05, 0.1) is 11.3 Å². The molecular weight excluding hydrogens is 508 g/mol. The maximum absolute atomic E-state index is 12.8. The Kier molecular flexibility index (Phi) is 7.17. The molecular formula is C29H32N8O3. The van der Waals surface area contributed by atoms with Crippen LogP contribution in [0.1, 0.15) is 48.9 Å². The zero-order chi connectivity index (χ0) is 27.5. The quantitative estimate of drug-likeness (QED) is 0.150. The molecule has 6 rings (SSSR count). The summed E-state index contributed by atoms with van der Waals surface area (Å²) >= 11 is 0. The number of hydrogen-bond donors (Lipinski definition) is 4. The first-order valence-corrected chi connectivity index (χ1v) is 13.8. The minimum Gasteiger partial charge on any atom is -0.506 e. The fourth-order valence-electron chi connectivity index (χ4n) is 5.29. The number of rotatable bonds is 7. The van der Waals surface area contributed by atoms with Gasteiger partial charge >= 0.3 is 0 Å². The minimum absolute atomic E-state index is 0.127. The van der Waals surface area contributed by atoms with Gasteiger partial charge in [0.25, 0.3) is 11.7 Å². The van der Waals surface area contributed by atoms with Gasteiger partial charge in [-0.1, -0.05) is 18.2 Å². The Morgan fingerprint density at radius 2 is 1.48 bits per heavy atom. The van der Waals surface area contributed by atoms with E-state index in [4.69, 9.17) is 15.0 Å². The molecule has 0 radical (unpaired) electrons. The number of carbonyl (C=O) groups excluding carboxylic acids is 2. The van der Waals surface area contributed by atoms with E-state index in [0.717, 1.165) is 57.4 Å². The van der Waals surface area contributed by atoms with Crippen LogP contribution in [0.5, 0.6) is 5.75 Å². The molecule has 4 heterocycles. The van der Waals surface area contributed by atoms with Crippen molar-refractivity contribution in [1.29, 1.82) is 0 Å². The van der Waals surface area contributed by atoms with E-state index in [2.05, 4.69) is 25.4 Å². The van der Waals surface area contributed by atoms with Gasteiger partial charge in [-0.3, -0.25) is 9.59 Å². The summed E-state index contributed by atoms with van der Waals surface area (Å²) in [6.45, 7) is 3.65. The SMILES string of the molecule is O=C(Nc1ccc(Nc2nc(N3CCCCC3)nc(N3CCCCC3)n2)cc1O)C(=O)c1c[nH]c2ccccc12. The molecule has 2 fully saturated rings. The van der Waals surface area contributed by atoms with Crippen molar-refractivity contribution in [2.75, 3.05) is 46.6 Å². The summed E-state index contributed by atoms with van der Waals surface area (Å²) < 4.78 is 0. The first-order valence-electron chi connectivity index (χ1n) is 13.8. The van der Waals surface area contributed by atoms with E-state index in [0.29, 0.717) is 28.9 Å². The van der Waals surface area contributed by atoms with Crippen molar-refractivity contribution in [3.05, 3.63) is 54.2 Å². The summed E-state index contributed by atoms with van der Waals surface area (Å²) in [5.41, 5.74) is 1.71. The van der Waals surface area contributed by atoms with Crippen LogP contribution < -0.4 is 20.4 Å². The van der Waals surface area contributed by atoms with Gasteiger partial charge < -0.3 is 30.5 Å². The number of H-pyrrole nitrogens is 1. The van der Waals surface area contributed by atoms with Crippen LogP contribution >= 0.6 is 0 Å². The molecule has 40 heavy (non-hydrogen) atoms. The molecule has 2 aromatic heterocycles. The third-order valence-corrected chi connectivity index (χ3v) is 7.43. The number of Topliss-reactive ketones (excluding diaryl/α,β-unsaturated/α-hetero) is 1. The number of fused-ring (bicyclic) bond motifs is 1. The van der Waals surface area contributed by atoms with E-state index in [-0.39, 0.29) is 17.0 Å². The van der Waals surface area contributed by atoms with Crippen molar-refractivity contribution in [2.45, 2.75) is 38.5 Å².